The maximum Gasteiger partial charge on any atom is 0.516 e. The number of esters is 1. The van der Waals surface area contributed by atoms with Crippen LogP contribution < -0.4 is 10.5 Å². The topological polar surface area (TPSA) is 108 Å². The summed E-state index contributed by atoms with van der Waals surface area (Å²) >= 11 is 0. The van der Waals surface area contributed by atoms with Crippen molar-refractivity contribution < 1.29 is 28.9 Å². The Morgan fingerprint density at radius 1 is 1.32 bits per heavy atom. The van der Waals surface area contributed by atoms with E-state index in [1.807, 2.05) is 0 Å². The normalized spacial score (nSPS) is 11.5. The molecule has 1 aromatic rings. The lowest BCUT2D eigenvalue weighted by Crippen LogP contribution is -2.36. The summed E-state index contributed by atoms with van der Waals surface area (Å²) in [5.74, 6) is -0.363. The minimum absolute atomic E-state index is 0.0511. The van der Waals surface area contributed by atoms with Gasteiger partial charge in [-0.05, 0) is 17.7 Å². The second kappa shape index (κ2) is 7.34. The van der Waals surface area contributed by atoms with E-state index in [1.165, 1.54) is 0 Å². The second-order valence-corrected chi connectivity index (χ2v) is 3.60. The van der Waals surface area contributed by atoms with Gasteiger partial charge in [-0.15, -0.1) is 0 Å². The smallest absolute Gasteiger partial charge is 0.497 e. The van der Waals surface area contributed by atoms with Crippen LogP contribution in [0.4, 0.5) is 4.79 Å². The summed E-state index contributed by atoms with van der Waals surface area (Å²) in [6.45, 7) is -0.658. The van der Waals surface area contributed by atoms with Gasteiger partial charge >= 0.3 is 12.1 Å². The number of ether oxygens (including phenoxy) is 3. The van der Waals surface area contributed by atoms with Crippen molar-refractivity contribution in [1.29, 1.82) is 0 Å². The average molecular weight is 269 g/mol. The molecule has 7 nitrogen and oxygen atoms in total. The summed E-state index contributed by atoms with van der Waals surface area (Å²) in [6.07, 6.45) is -1.16. The molecule has 3 N–H and O–H groups in total. The molecule has 0 spiro atoms. The first-order valence-electron chi connectivity index (χ1n) is 5.44. The van der Waals surface area contributed by atoms with E-state index in [9.17, 15) is 9.59 Å². The molecule has 0 unspecified atom stereocenters. The monoisotopic (exact) mass is 269 g/mol. The number of aliphatic hydroxyl groups is 1. The van der Waals surface area contributed by atoms with Crippen molar-refractivity contribution in [3.05, 3.63) is 29.8 Å². The van der Waals surface area contributed by atoms with Crippen LogP contribution >= 0.6 is 0 Å². The van der Waals surface area contributed by atoms with Crippen LogP contribution in [0.5, 0.6) is 5.75 Å². The van der Waals surface area contributed by atoms with Gasteiger partial charge in [0.2, 0.25) is 0 Å². The molecule has 0 aromatic heterocycles. The van der Waals surface area contributed by atoms with Gasteiger partial charge < -0.3 is 25.1 Å². The lowest BCUT2D eigenvalue weighted by atomic mass is 10.2. The third kappa shape index (κ3) is 4.94. The van der Waals surface area contributed by atoms with Gasteiger partial charge in [0.1, 0.15) is 18.4 Å². The van der Waals surface area contributed by atoms with Crippen LogP contribution in [0, 0.1) is 0 Å². The van der Waals surface area contributed by atoms with E-state index >= 15 is 0 Å². The van der Waals surface area contributed by atoms with Crippen LogP contribution in [-0.2, 0) is 20.9 Å². The number of aliphatic hydroxyl groups excluding tert-OH is 1. The van der Waals surface area contributed by atoms with Crippen molar-refractivity contribution in [2.45, 2.75) is 12.6 Å². The number of benzene rings is 1. The molecule has 1 atom stereocenters. The molecule has 0 amide bonds. The van der Waals surface area contributed by atoms with Gasteiger partial charge in [-0.3, -0.25) is 0 Å². The first-order valence-corrected chi connectivity index (χ1v) is 5.44. The third-order valence-electron chi connectivity index (χ3n) is 2.20. The van der Waals surface area contributed by atoms with E-state index in [4.69, 9.17) is 20.3 Å². The van der Waals surface area contributed by atoms with Crippen LogP contribution in [-0.4, -0.2) is 37.0 Å². The highest BCUT2D eigenvalue weighted by atomic mass is 16.7. The highest BCUT2D eigenvalue weighted by Crippen LogP contribution is 2.12. The Labute approximate surface area is 109 Å². The van der Waals surface area contributed by atoms with Crippen molar-refractivity contribution in [2.75, 3.05) is 13.7 Å². The van der Waals surface area contributed by atoms with Crippen molar-refractivity contribution >= 4 is 12.1 Å². The molecule has 0 radical (unpaired) electrons. The minimum atomic E-state index is -1.26. The molecule has 0 fully saturated rings. The maximum absolute atomic E-state index is 11.1. The maximum atomic E-state index is 11.1. The molecule has 104 valence electrons. The van der Waals surface area contributed by atoms with Crippen LogP contribution in [0.25, 0.3) is 0 Å². The molecular formula is C12H15NO6. The molecule has 0 bridgehead atoms. The Kier molecular flexibility index (Phi) is 5.77. The first-order chi connectivity index (χ1) is 9.06. The fraction of sp³-hybridized carbons (Fsp3) is 0.333. The van der Waals surface area contributed by atoms with Gasteiger partial charge in [0.05, 0.1) is 13.7 Å². The van der Waals surface area contributed by atoms with Gasteiger partial charge in [0.15, 0.2) is 0 Å². The van der Waals surface area contributed by atoms with Crippen LogP contribution in [0.1, 0.15) is 5.56 Å². The summed E-state index contributed by atoms with van der Waals surface area (Å²) in [6, 6.07) is 5.56. The number of hydrogen-bond acceptors (Lipinski definition) is 7. The Hall–Kier alpha value is -2.12. The Bertz CT molecular complexity index is 430. The van der Waals surface area contributed by atoms with E-state index < -0.39 is 24.8 Å². The van der Waals surface area contributed by atoms with Crippen LogP contribution in [0.3, 0.4) is 0 Å². The molecule has 0 aliphatic heterocycles. The SMILES string of the molecule is COc1ccc(COC(=O)OC(=O)[C@@H](N)CO)cc1. The highest BCUT2D eigenvalue weighted by molar-refractivity contribution is 5.85. The van der Waals surface area contributed by atoms with Gasteiger partial charge in [-0.2, -0.15) is 0 Å². The largest absolute Gasteiger partial charge is 0.516 e. The Balaban J connectivity index is 2.39. The Morgan fingerprint density at radius 3 is 2.47 bits per heavy atom. The lowest BCUT2D eigenvalue weighted by molar-refractivity contribution is -0.142. The summed E-state index contributed by atoms with van der Waals surface area (Å²) in [7, 11) is 1.54. The molecule has 1 rings (SSSR count). The standard InChI is InChI=1S/C12H15NO6/c1-17-9-4-2-8(3-5-9)7-18-12(16)19-11(15)10(13)6-14/h2-5,10,14H,6-7,13H2,1H3/t10-/m0/s1. The van der Waals surface area contributed by atoms with E-state index in [-0.39, 0.29) is 6.61 Å². The number of hydrogen-bond donors (Lipinski definition) is 2. The minimum Gasteiger partial charge on any atom is -0.497 e. The molecule has 1 aromatic carbocycles. The van der Waals surface area contributed by atoms with Crippen LogP contribution in [0.15, 0.2) is 24.3 Å². The molecule has 0 aliphatic carbocycles. The Morgan fingerprint density at radius 2 is 1.95 bits per heavy atom. The van der Waals surface area contributed by atoms with Crippen molar-refractivity contribution in [1.82, 2.24) is 0 Å². The summed E-state index contributed by atoms with van der Waals surface area (Å²) in [5, 5.41) is 8.59. The average Bonchev–Trinajstić information content (AvgIpc) is 2.44. The summed E-state index contributed by atoms with van der Waals surface area (Å²) in [4.78, 5) is 22.2. The second-order valence-electron chi connectivity index (χ2n) is 3.60. The van der Waals surface area contributed by atoms with E-state index in [0.717, 1.165) is 0 Å². The zero-order chi connectivity index (χ0) is 14.3. The van der Waals surface area contributed by atoms with Gasteiger partial charge in [-0.1, -0.05) is 12.1 Å². The molecule has 7 heteroatoms. The summed E-state index contributed by atoms with van der Waals surface area (Å²) in [5.41, 5.74) is 5.86. The quantitative estimate of drug-likeness (QED) is 0.580. The fourth-order valence-electron chi connectivity index (χ4n) is 1.13. The zero-order valence-electron chi connectivity index (χ0n) is 10.4. The molecular weight excluding hydrogens is 254 g/mol. The van der Waals surface area contributed by atoms with E-state index in [2.05, 4.69) is 4.74 Å². The summed E-state index contributed by atoms with van der Waals surface area (Å²) < 4.78 is 13.9. The number of carbonyl (C=O) groups is 2. The number of rotatable bonds is 5. The van der Waals surface area contributed by atoms with Gasteiger partial charge in [0, 0.05) is 0 Å². The van der Waals surface area contributed by atoms with Crippen molar-refractivity contribution in [3.8, 4) is 5.75 Å². The van der Waals surface area contributed by atoms with Crippen molar-refractivity contribution in [3.63, 3.8) is 0 Å². The molecule has 0 saturated heterocycles. The first kappa shape index (κ1) is 14.9. The molecule has 0 aliphatic rings. The lowest BCUT2D eigenvalue weighted by Gasteiger charge is -2.08. The molecule has 0 heterocycles. The van der Waals surface area contributed by atoms with Crippen molar-refractivity contribution in [2.24, 2.45) is 5.73 Å². The fourth-order valence-corrected chi connectivity index (χ4v) is 1.13. The van der Waals surface area contributed by atoms with Gasteiger partial charge in [0.25, 0.3) is 0 Å². The zero-order valence-corrected chi connectivity index (χ0v) is 10.4. The van der Waals surface area contributed by atoms with Crippen LogP contribution in [0.2, 0.25) is 0 Å². The number of methoxy groups -OCH3 is 1. The predicted octanol–water partition coefficient (Wildman–Crippen LogP) is 0.195. The third-order valence-corrected chi connectivity index (χ3v) is 2.20. The molecule has 0 saturated carbocycles. The molecule has 19 heavy (non-hydrogen) atoms. The number of carbonyl (C=O) groups excluding carboxylic acids is 2. The highest BCUT2D eigenvalue weighted by Gasteiger charge is 2.18. The van der Waals surface area contributed by atoms with E-state index in [1.54, 1.807) is 31.4 Å². The van der Waals surface area contributed by atoms with E-state index in [0.29, 0.717) is 11.3 Å². The van der Waals surface area contributed by atoms with Gasteiger partial charge in [-0.25, -0.2) is 9.59 Å². The number of nitrogens with two attached hydrogens (primary N) is 1. The predicted molar refractivity (Wildman–Crippen MR) is 64.3 cm³/mol.